The summed E-state index contributed by atoms with van der Waals surface area (Å²) in [6, 6.07) is 58.0. The van der Waals surface area contributed by atoms with Crippen LogP contribution in [0.5, 0.6) is 0 Å². The van der Waals surface area contributed by atoms with Crippen LogP contribution in [0.25, 0.3) is 98.0 Å². The highest BCUT2D eigenvalue weighted by Crippen LogP contribution is 2.41. The van der Waals surface area contributed by atoms with Crippen LogP contribution in [0.1, 0.15) is 0 Å². The maximum Gasteiger partial charge on any atom is 0.143 e. The zero-order valence-electron chi connectivity index (χ0n) is 26.9. The molecule has 0 aliphatic rings. The Hall–Kier alpha value is -6.36. The zero-order valence-corrected chi connectivity index (χ0v) is 27.7. The number of rotatable bonds is 5. The molecule has 3 aromatic heterocycles. The van der Waals surface area contributed by atoms with Gasteiger partial charge in [-0.1, -0.05) is 133 Å². The van der Waals surface area contributed by atoms with Crippen molar-refractivity contribution in [3.8, 4) is 55.8 Å². The third-order valence-corrected chi connectivity index (χ3v) is 10.8. The summed E-state index contributed by atoms with van der Waals surface area (Å²) in [6.07, 6.45) is 1.70. The predicted octanol–water partition coefficient (Wildman–Crippen LogP) is 13.1. The van der Waals surface area contributed by atoms with Gasteiger partial charge in [0, 0.05) is 32.0 Å². The average molecular weight is 657 g/mol. The van der Waals surface area contributed by atoms with Gasteiger partial charge in [-0.15, -0.1) is 11.3 Å². The highest BCUT2D eigenvalue weighted by Gasteiger charge is 2.16. The molecule has 50 heavy (non-hydrogen) atoms. The average Bonchev–Trinajstić information content (AvgIpc) is 3.77. The van der Waals surface area contributed by atoms with Gasteiger partial charge in [-0.05, 0) is 69.3 Å². The Morgan fingerprint density at radius 1 is 0.420 bits per heavy atom. The standard InChI is InChI=1S/C46H28N2OS/c1-2-9-29(10-3-1)30-19-21-31(22-20-30)32-11-6-12-33(25-32)34-23-24-42-40(27-34)44-46(50-42)43(47-28-48-44)36-14-7-13-35(26-36)37-16-8-17-39-38-15-4-5-18-41(38)49-45(37)39/h1-28H. The lowest BCUT2D eigenvalue weighted by Gasteiger charge is -2.08. The van der Waals surface area contributed by atoms with Crippen molar-refractivity contribution in [2.45, 2.75) is 0 Å². The summed E-state index contributed by atoms with van der Waals surface area (Å²) in [5.74, 6) is 0. The van der Waals surface area contributed by atoms with Crippen LogP contribution in [0.15, 0.2) is 175 Å². The summed E-state index contributed by atoms with van der Waals surface area (Å²) in [6.45, 7) is 0. The third-order valence-electron chi connectivity index (χ3n) is 9.62. The number of thiophene rings is 1. The van der Waals surface area contributed by atoms with Gasteiger partial charge in [-0.3, -0.25) is 0 Å². The molecular formula is C46H28N2OS. The van der Waals surface area contributed by atoms with Crippen LogP contribution >= 0.6 is 11.3 Å². The molecule has 0 N–H and O–H groups in total. The van der Waals surface area contributed by atoms with Gasteiger partial charge < -0.3 is 4.42 Å². The first-order valence-corrected chi connectivity index (χ1v) is 17.5. The summed E-state index contributed by atoms with van der Waals surface area (Å²) in [4.78, 5) is 9.65. The van der Waals surface area contributed by atoms with Gasteiger partial charge in [0.2, 0.25) is 0 Å². The lowest BCUT2D eigenvalue weighted by Crippen LogP contribution is -1.87. The molecule has 0 unspecified atom stereocenters. The fourth-order valence-electron chi connectivity index (χ4n) is 7.13. The van der Waals surface area contributed by atoms with E-state index < -0.39 is 0 Å². The predicted molar refractivity (Wildman–Crippen MR) is 209 cm³/mol. The number of fused-ring (bicyclic) bond motifs is 6. The van der Waals surface area contributed by atoms with Crippen LogP contribution in [0.4, 0.5) is 0 Å². The summed E-state index contributed by atoms with van der Waals surface area (Å²) < 4.78 is 8.66. The summed E-state index contributed by atoms with van der Waals surface area (Å²) in [7, 11) is 0. The zero-order chi connectivity index (χ0) is 33.0. The molecule has 10 rings (SSSR count). The molecule has 234 valence electrons. The molecule has 10 aromatic rings. The molecular weight excluding hydrogens is 629 g/mol. The van der Waals surface area contributed by atoms with Crippen molar-refractivity contribution in [1.82, 2.24) is 9.97 Å². The first-order chi connectivity index (χ1) is 24.8. The molecule has 0 spiro atoms. The Balaban J connectivity index is 1.02. The number of para-hydroxylation sites is 2. The van der Waals surface area contributed by atoms with Crippen LogP contribution in [-0.4, -0.2) is 9.97 Å². The molecule has 0 fully saturated rings. The Labute approximate surface area is 292 Å². The molecule has 0 aliphatic carbocycles. The molecule has 0 amide bonds. The highest BCUT2D eigenvalue weighted by atomic mass is 32.1. The molecule has 3 nitrogen and oxygen atoms in total. The van der Waals surface area contributed by atoms with E-state index in [1.54, 1.807) is 17.7 Å². The summed E-state index contributed by atoms with van der Waals surface area (Å²) >= 11 is 1.75. The van der Waals surface area contributed by atoms with Crippen LogP contribution in [0.3, 0.4) is 0 Å². The van der Waals surface area contributed by atoms with E-state index in [-0.39, 0.29) is 0 Å². The third kappa shape index (κ3) is 4.80. The van der Waals surface area contributed by atoms with E-state index in [4.69, 9.17) is 14.4 Å². The fourth-order valence-corrected chi connectivity index (χ4v) is 8.28. The second-order valence-electron chi connectivity index (χ2n) is 12.6. The van der Waals surface area contributed by atoms with Gasteiger partial charge in [-0.25, -0.2) is 9.97 Å². The van der Waals surface area contributed by atoms with Gasteiger partial charge in [0.25, 0.3) is 0 Å². The van der Waals surface area contributed by atoms with Gasteiger partial charge >= 0.3 is 0 Å². The summed E-state index contributed by atoms with van der Waals surface area (Å²) in [5, 5.41) is 3.40. The largest absolute Gasteiger partial charge is 0.455 e. The minimum Gasteiger partial charge on any atom is -0.455 e. The number of hydrogen-bond acceptors (Lipinski definition) is 4. The summed E-state index contributed by atoms with van der Waals surface area (Å²) in [5.41, 5.74) is 14.1. The van der Waals surface area contributed by atoms with Crippen molar-refractivity contribution in [2.24, 2.45) is 0 Å². The molecule has 4 heteroatoms. The number of hydrogen-bond donors (Lipinski definition) is 0. The number of furan rings is 1. The van der Waals surface area contributed by atoms with Crippen LogP contribution in [-0.2, 0) is 0 Å². The van der Waals surface area contributed by atoms with Gasteiger partial charge in [0.05, 0.1) is 15.9 Å². The maximum atomic E-state index is 6.37. The maximum absolute atomic E-state index is 6.37. The first kappa shape index (κ1) is 28.6. The Morgan fingerprint density at radius 3 is 1.88 bits per heavy atom. The van der Waals surface area contributed by atoms with Crippen LogP contribution < -0.4 is 0 Å². The van der Waals surface area contributed by atoms with Gasteiger partial charge in [0.1, 0.15) is 17.5 Å². The molecule has 0 saturated heterocycles. The fraction of sp³-hybridized carbons (Fsp3) is 0. The lowest BCUT2D eigenvalue weighted by atomic mass is 9.96. The molecule has 0 atom stereocenters. The van der Waals surface area contributed by atoms with Gasteiger partial charge in [-0.2, -0.15) is 0 Å². The second-order valence-corrected chi connectivity index (χ2v) is 13.7. The molecule has 0 radical (unpaired) electrons. The van der Waals surface area contributed by atoms with E-state index >= 15 is 0 Å². The van der Waals surface area contributed by atoms with Crippen LogP contribution in [0.2, 0.25) is 0 Å². The number of benzene rings is 7. The van der Waals surface area contributed by atoms with Crippen molar-refractivity contribution in [2.75, 3.05) is 0 Å². The Kier molecular flexibility index (Phi) is 6.68. The van der Waals surface area contributed by atoms with Gasteiger partial charge in [0.15, 0.2) is 0 Å². The van der Waals surface area contributed by atoms with E-state index in [0.29, 0.717) is 0 Å². The number of nitrogens with zero attached hydrogens (tertiary/aromatic N) is 2. The minimum atomic E-state index is 0.900. The van der Waals surface area contributed by atoms with E-state index in [1.807, 2.05) is 12.1 Å². The molecule has 0 bridgehead atoms. The smallest absolute Gasteiger partial charge is 0.143 e. The molecule has 7 aromatic carbocycles. The van der Waals surface area contributed by atoms with E-state index in [9.17, 15) is 0 Å². The SMILES string of the molecule is c1ccc(-c2ccc(-c3cccc(-c4ccc5sc6c(-c7cccc(-c8cccc9c8oc8ccccc89)c7)ncnc6c5c4)c3)cc2)cc1. The van der Waals surface area contributed by atoms with E-state index in [1.165, 1.54) is 38.1 Å². The van der Waals surface area contributed by atoms with E-state index in [2.05, 4.69) is 152 Å². The Bertz CT molecular complexity index is 2870. The van der Waals surface area contributed by atoms with Crippen LogP contribution in [0, 0.1) is 0 Å². The lowest BCUT2D eigenvalue weighted by molar-refractivity contribution is 0.670. The van der Waals surface area contributed by atoms with Crippen molar-refractivity contribution < 1.29 is 4.42 Å². The molecule has 0 aliphatic heterocycles. The van der Waals surface area contributed by atoms with Crippen molar-refractivity contribution in [3.05, 3.63) is 170 Å². The molecule has 3 heterocycles. The minimum absolute atomic E-state index is 0.900. The second kappa shape index (κ2) is 11.7. The first-order valence-electron chi connectivity index (χ1n) is 16.7. The normalized spacial score (nSPS) is 11.6. The van der Waals surface area contributed by atoms with Crippen molar-refractivity contribution in [3.63, 3.8) is 0 Å². The van der Waals surface area contributed by atoms with Crippen molar-refractivity contribution >= 4 is 53.6 Å². The quantitative estimate of drug-likeness (QED) is 0.185. The Morgan fingerprint density at radius 2 is 1.02 bits per heavy atom. The van der Waals surface area contributed by atoms with Crippen molar-refractivity contribution in [1.29, 1.82) is 0 Å². The monoisotopic (exact) mass is 656 g/mol. The van der Waals surface area contributed by atoms with E-state index in [0.717, 1.165) is 59.9 Å². The number of aromatic nitrogens is 2. The molecule has 0 saturated carbocycles. The topological polar surface area (TPSA) is 38.9 Å². The highest BCUT2D eigenvalue weighted by molar-refractivity contribution is 7.26.